The first-order chi connectivity index (χ1) is 6.86. The van der Waals surface area contributed by atoms with Crippen LogP contribution in [0.1, 0.15) is 18.4 Å². The standard InChI is InChI=1S/C12H16N2/c1-9-4-2-6-11-12(9)14-7-3-5-10(14)8-13-11/h2,4,6,10,13H,3,5,7-8H2,1H3/t10-/m0/s1. The smallest absolute Gasteiger partial charge is 0.0634 e. The molecule has 2 nitrogen and oxygen atoms in total. The fourth-order valence-electron chi connectivity index (χ4n) is 2.75. The molecule has 0 aliphatic carbocycles. The summed E-state index contributed by atoms with van der Waals surface area (Å²) in [7, 11) is 0. The zero-order valence-electron chi connectivity index (χ0n) is 8.59. The van der Waals surface area contributed by atoms with E-state index in [1.54, 1.807) is 0 Å². The van der Waals surface area contributed by atoms with Crippen molar-refractivity contribution in [2.45, 2.75) is 25.8 Å². The topological polar surface area (TPSA) is 15.3 Å². The Kier molecular flexibility index (Phi) is 1.69. The third-order valence-corrected chi connectivity index (χ3v) is 3.43. The lowest BCUT2D eigenvalue weighted by Crippen LogP contribution is -2.39. The summed E-state index contributed by atoms with van der Waals surface area (Å²) in [5.74, 6) is 0. The van der Waals surface area contributed by atoms with Crippen LogP contribution < -0.4 is 10.2 Å². The van der Waals surface area contributed by atoms with Crippen LogP contribution in [0, 0.1) is 6.92 Å². The highest BCUT2D eigenvalue weighted by Gasteiger charge is 2.30. The molecule has 1 atom stereocenters. The number of rotatable bonds is 0. The fraction of sp³-hybridized carbons (Fsp3) is 0.500. The number of hydrogen-bond donors (Lipinski definition) is 1. The largest absolute Gasteiger partial charge is 0.381 e. The van der Waals surface area contributed by atoms with Crippen LogP contribution in [-0.4, -0.2) is 19.1 Å². The van der Waals surface area contributed by atoms with Crippen molar-refractivity contribution in [1.29, 1.82) is 0 Å². The minimum Gasteiger partial charge on any atom is -0.381 e. The Hall–Kier alpha value is -1.18. The van der Waals surface area contributed by atoms with Crippen molar-refractivity contribution < 1.29 is 0 Å². The maximum absolute atomic E-state index is 3.53. The molecule has 2 heterocycles. The molecule has 0 saturated carbocycles. The molecule has 1 N–H and O–H groups in total. The highest BCUT2D eigenvalue weighted by atomic mass is 15.2. The zero-order chi connectivity index (χ0) is 9.54. The molecule has 14 heavy (non-hydrogen) atoms. The van der Waals surface area contributed by atoms with E-state index in [1.165, 1.54) is 36.3 Å². The van der Waals surface area contributed by atoms with Gasteiger partial charge < -0.3 is 10.2 Å². The third kappa shape index (κ3) is 1.03. The first-order valence-corrected chi connectivity index (χ1v) is 5.46. The van der Waals surface area contributed by atoms with Crippen molar-refractivity contribution in [3.05, 3.63) is 23.8 Å². The Morgan fingerprint density at radius 3 is 3.29 bits per heavy atom. The summed E-state index contributed by atoms with van der Waals surface area (Å²) < 4.78 is 0. The van der Waals surface area contributed by atoms with E-state index < -0.39 is 0 Å². The summed E-state index contributed by atoms with van der Waals surface area (Å²) >= 11 is 0. The molecule has 74 valence electrons. The van der Waals surface area contributed by atoms with Crippen LogP contribution in [0.4, 0.5) is 11.4 Å². The number of hydrogen-bond acceptors (Lipinski definition) is 2. The number of anilines is 2. The van der Waals surface area contributed by atoms with E-state index in [-0.39, 0.29) is 0 Å². The average Bonchev–Trinajstić information content (AvgIpc) is 2.65. The summed E-state index contributed by atoms with van der Waals surface area (Å²) in [4.78, 5) is 2.58. The Morgan fingerprint density at radius 2 is 2.36 bits per heavy atom. The van der Waals surface area contributed by atoms with Gasteiger partial charge in [-0.1, -0.05) is 12.1 Å². The fourth-order valence-corrected chi connectivity index (χ4v) is 2.75. The van der Waals surface area contributed by atoms with E-state index in [2.05, 4.69) is 35.3 Å². The molecule has 1 saturated heterocycles. The summed E-state index contributed by atoms with van der Waals surface area (Å²) in [6.45, 7) is 4.57. The lowest BCUT2D eigenvalue weighted by molar-refractivity contribution is 0.681. The molecule has 3 rings (SSSR count). The van der Waals surface area contributed by atoms with Gasteiger partial charge in [0.05, 0.1) is 11.4 Å². The highest BCUT2D eigenvalue weighted by Crippen LogP contribution is 2.38. The Balaban J connectivity index is 2.11. The highest BCUT2D eigenvalue weighted by molar-refractivity contribution is 5.76. The Labute approximate surface area is 84.9 Å². The van der Waals surface area contributed by atoms with Crippen LogP contribution in [0.5, 0.6) is 0 Å². The zero-order valence-corrected chi connectivity index (χ0v) is 8.59. The first kappa shape index (κ1) is 8.16. The predicted octanol–water partition coefficient (Wildman–Crippen LogP) is 2.39. The van der Waals surface area contributed by atoms with Gasteiger partial charge in [0.1, 0.15) is 0 Å². The van der Waals surface area contributed by atoms with E-state index >= 15 is 0 Å². The molecular weight excluding hydrogens is 172 g/mol. The lowest BCUT2D eigenvalue weighted by Gasteiger charge is -2.35. The molecule has 0 radical (unpaired) electrons. The average molecular weight is 188 g/mol. The third-order valence-electron chi connectivity index (χ3n) is 3.43. The number of benzene rings is 1. The molecule has 1 fully saturated rings. The molecule has 0 bridgehead atoms. The van der Waals surface area contributed by atoms with E-state index in [0.717, 1.165) is 12.6 Å². The minimum atomic E-state index is 0.739. The molecule has 0 unspecified atom stereocenters. The summed E-state index contributed by atoms with van der Waals surface area (Å²) in [6, 6.07) is 7.28. The monoisotopic (exact) mass is 188 g/mol. The van der Waals surface area contributed by atoms with E-state index in [0.29, 0.717) is 0 Å². The first-order valence-electron chi connectivity index (χ1n) is 5.46. The van der Waals surface area contributed by atoms with Crippen LogP contribution in [0.3, 0.4) is 0 Å². The van der Waals surface area contributed by atoms with Gasteiger partial charge in [-0.25, -0.2) is 0 Å². The van der Waals surface area contributed by atoms with Crippen molar-refractivity contribution in [3.8, 4) is 0 Å². The van der Waals surface area contributed by atoms with Gasteiger partial charge in [0, 0.05) is 19.1 Å². The SMILES string of the molecule is Cc1cccc2c1N1CCC[C@H]1CN2. The van der Waals surface area contributed by atoms with E-state index in [9.17, 15) is 0 Å². The maximum atomic E-state index is 3.53. The molecular formula is C12H16N2. The van der Waals surface area contributed by atoms with Crippen molar-refractivity contribution in [1.82, 2.24) is 0 Å². The Morgan fingerprint density at radius 1 is 1.43 bits per heavy atom. The number of nitrogens with one attached hydrogen (secondary N) is 1. The van der Waals surface area contributed by atoms with Gasteiger partial charge in [0.25, 0.3) is 0 Å². The number of aryl methyl sites for hydroxylation is 1. The second kappa shape index (κ2) is 2.91. The van der Waals surface area contributed by atoms with Gasteiger partial charge in [0.15, 0.2) is 0 Å². The number of fused-ring (bicyclic) bond motifs is 3. The molecule has 1 aromatic carbocycles. The minimum absolute atomic E-state index is 0.739. The Bertz CT molecular complexity index is 359. The molecule has 1 aromatic rings. The van der Waals surface area contributed by atoms with Gasteiger partial charge in [-0.3, -0.25) is 0 Å². The predicted molar refractivity (Wildman–Crippen MR) is 60.0 cm³/mol. The van der Waals surface area contributed by atoms with Crippen molar-refractivity contribution in [2.24, 2.45) is 0 Å². The van der Waals surface area contributed by atoms with Crippen molar-refractivity contribution >= 4 is 11.4 Å². The molecule has 2 heteroatoms. The second-order valence-corrected chi connectivity index (χ2v) is 4.34. The molecule has 2 aliphatic heterocycles. The lowest BCUT2D eigenvalue weighted by atomic mass is 10.1. The summed E-state index contributed by atoms with van der Waals surface area (Å²) in [6.07, 6.45) is 2.70. The quantitative estimate of drug-likeness (QED) is 0.672. The van der Waals surface area contributed by atoms with Gasteiger partial charge >= 0.3 is 0 Å². The van der Waals surface area contributed by atoms with Gasteiger partial charge in [-0.2, -0.15) is 0 Å². The van der Waals surface area contributed by atoms with Crippen LogP contribution >= 0.6 is 0 Å². The molecule has 0 spiro atoms. The second-order valence-electron chi connectivity index (χ2n) is 4.34. The van der Waals surface area contributed by atoms with Gasteiger partial charge in [-0.05, 0) is 31.4 Å². The van der Waals surface area contributed by atoms with Crippen LogP contribution in [0.15, 0.2) is 18.2 Å². The van der Waals surface area contributed by atoms with Gasteiger partial charge in [0.2, 0.25) is 0 Å². The van der Waals surface area contributed by atoms with E-state index in [4.69, 9.17) is 0 Å². The molecule has 0 amide bonds. The van der Waals surface area contributed by atoms with Crippen LogP contribution in [0.25, 0.3) is 0 Å². The van der Waals surface area contributed by atoms with Gasteiger partial charge in [-0.15, -0.1) is 0 Å². The number of para-hydroxylation sites is 1. The normalized spacial score (nSPS) is 24.1. The molecule has 0 aromatic heterocycles. The molecule has 2 aliphatic rings. The van der Waals surface area contributed by atoms with E-state index in [1.807, 2.05) is 0 Å². The summed E-state index contributed by atoms with van der Waals surface area (Å²) in [5.41, 5.74) is 4.17. The summed E-state index contributed by atoms with van der Waals surface area (Å²) in [5, 5.41) is 3.53. The maximum Gasteiger partial charge on any atom is 0.0634 e. The van der Waals surface area contributed by atoms with Crippen LogP contribution in [-0.2, 0) is 0 Å². The van der Waals surface area contributed by atoms with Crippen molar-refractivity contribution in [3.63, 3.8) is 0 Å². The van der Waals surface area contributed by atoms with Crippen molar-refractivity contribution in [2.75, 3.05) is 23.3 Å². The number of nitrogens with zero attached hydrogens (tertiary/aromatic N) is 1. The van der Waals surface area contributed by atoms with Crippen LogP contribution in [0.2, 0.25) is 0 Å².